The van der Waals surface area contributed by atoms with Crippen molar-refractivity contribution < 1.29 is 4.79 Å². The SMILES string of the molecule is CC(Cl)(CCl)N=C=O. The zero-order valence-electron chi connectivity index (χ0n) is 4.32. The van der Waals surface area contributed by atoms with Gasteiger partial charge < -0.3 is 0 Å². The summed E-state index contributed by atoms with van der Waals surface area (Å²) in [6.07, 6.45) is 1.32. The lowest BCUT2D eigenvalue weighted by molar-refractivity contribution is 0.557. The molecule has 4 heteroatoms. The Kier molecular flexibility index (Phi) is 3.06. The number of hydrogen-bond acceptors (Lipinski definition) is 2. The van der Waals surface area contributed by atoms with Crippen LogP contribution < -0.4 is 0 Å². The van der Waals surface area contributed by atoms with Crippen molar-refractivity contribution in [3.63, 3.8) is 0 Å². The molecule has 0 aromatic carbocycles. The van der Waals surface area contributed by atoms with Crippen molar-refractivity contribution in [2.24, 2.45) is 4.99 Å². The molecule has 0 saturated heterocycles. The van der Waals surface area contributed by atoms with Crippen molar-refractivity contribution in [2.75, 3.05) is 5.88 Å². The molecule has 46 valence electrons. The third kappa shape index (κ3) is 3.03. The maximum atomic E-state index is 9.54. The third-order valence-electron chi connectivity index (χ3n) is 0.523. The summed E-state index contributed by atoms with van der Waals surface area (Å²) in [5.74, 6) is 0.115. The summed E-state index contributed by atoms with van der Waals surface area (Å²) in [5.41, 5.74) is 0. The highest BCUT2D eigenvalue weighted by atomic mass is 35.5. The topological polar surface area (TPSA) is 29.4 Å². The molecule has 0 fully saturated rings. The fourth-order valence-electron chi connectivity index (χ4n) is 0.125. The van der Waals surface area contributed by atoms with Crippen molar-refractivity contribution in [3.8, 4) is 0 Å². The number of isocyanates is 1. The predicted molar refractivity (Wildman–Crippen MR) is 33.1 cm³/mol. The normalized spacial score (nSPS) is 16.4. The Bertz CT molecular complexity index is 117. The number of rotatable bonds is 2. The summed E-state index contributed by atoms with van der Waals surface area (Å²) in [4.78, 5) is 11.8. The van der Waals surface area contributed by atoms with Crippen LogP contribution in [-0.2, 0) is 4.79 Å². The van der Waals surface area contributed by atoms with Gasteiger partial charge in [0.05, 0.1) is 5.88 Å². The predicted octanol–water partition coefficient (Wildman–Crippen LogP) is 1.52. The second-order valence-corrected chi connectivity index (χ2v) is 2.56. The van der Waals surface area contributed by atoms with Crippen molar-refractivity contribution >= 4 is 29.3 Å². The number of nitrogens with zero attached hydrogens (tertiary/aromatic N) is 1. The standard InChI is InChI=1S/C4H5Cl2NO/c1-4(6,2-5)7-3-8/h2H2,1H3. The minimum atomic E-state index is -0.969. The van der Waals surface area contributed by atoms with Crippen LogP contribution in [0.25, 0.3) is 0 Å². The van der Waals surface area contributed by atoms with Gasteiger partial charge in [0.1, 0.15) is 0 Å². The van der Waals surface area contributed by atoms with Crippen molar-refractivity contribution in [1.29, 1.82) is 0 Å². The molecule has 0 heterocycles. The van der Waals surface area contributed by atoms with Gasteiger partial charge in [-0.1, -0.05) is 11.6 Å². The van der Waals surface area contributed by atoms with Gasteiger partial charge in [-0.25, -0.2) is 4.79 Å². The molecule has 0 spiro atoms. The first kappa shape index (κ1) is 7.96. The smallest absolute Gasteiger partial charge is 0.211 e. The minimum Gasteiger partial charge on any atom is -0.211 e. The quantitative estimate of drug-likeness (QED) is 0.256. The van der Waals surface area contributed by atoms with Gasteiger partial charge in [0.25, 0.3) is 0 Å². The molecule has 0 aromatic heterocycles. The molecule has 0 radical (unpaired) electrons. The lowest BCUT2D eigenvalue weighted by atomic mass is 10.4. The number of alkyl halides is 2. The Balaban J connectivity index is 3.90. The maximum absolute atomic E-state index is 9.54. The Labute approximate surface area is 57.5 Å². The summed E-state index contributed by atoms with van der Waals surface area (Å²) in [6, 6.07) is 0. The van der Waals surface area contributed by atoms with Gasteiger partial charge in [-0.15, -0.1) is 11.6 Å². The van der Waals surface area contributed by atoms with E-state index < -0.39 is 5.00 Å². The molecule has 0 N–H and O–H groups in total. The largest absolute Gasteiger partial charge is 0.236 e. The molecule has 0 aliphatic rings. The van der Waals surface area contributed by atoms with E-state index in [9.17, 15) is 4.79 Å². The fraction of sp³-hybridized carbons (Fsp3) is 0.750. The number of aliphatic imine (C=N–C) groups is 1. The van der Waals surface area contributed by atoms with Crippen molar-refractivity contribution in [2.45, 2.75) is 11.9 Å². The molecule has 0 aliphatic carbocycles. The summed E-state index contributed by atoms with van der Waals surface area (Å²) in [6.45, 7) is 1.53. The average molecular weight is 154 g/mol. The van der Waals surface area contributed by atoms with Crippen LogP contribution in [0.2, 0.25) is 0 Å². The highest BCUT2D eigenvalue weighted by molar-refractivity contribution is 6.30. The average Bonchev–Trinajstić information content (AvgIpc) is 1.67. The number of halogens is 2. The van der Waals surface area contributed by atoms with Crippen LogP contribution in [0.5, 0.6) is 0 Å². The van der Waals surface area contributed by atoms with Crippen molar-refractivity contribution in [3.05, 3.63) is 0 Å². The van der Waals surface area contributed by atoms with Gasteiger partial charge in [-0.2, -0.15) is 4.99 Å². The van der Waals surface area contributed by atoms with Crippen LogP contribution >= 0.6 is 23.2 Å². The fourth-order valence-corrected chi connectivity index (χ4v) is 0.219. The first-order chi connectivity index (χ1) is 3.62. The van der Waals surface area contributed by atoms with E-state index in [-0.39, 0.29) is 5.88 Å². The summed E-state index contributed by atoms with van der Waals surface area (Å²) in [7, 11) is 0. The van der Waals surface area contributed by atoms with E-state index in [1.165, 1.54) is 13.0 Å². The molecule has 0 amide bonds. The Hall–Kier alpha value is -0.0400. The van der Waals surface area contributed by atoms with Gasteiger partial charge in [-0.3, -0.25) is 0 Å². The molecule has 1 atom stereocenters. The molecule has 0 bridgehead atoms. The molecule has 0 aliphatic heterocycles. The van der Waals surface area contributed by atoms with E-state index in [2.05, 4.69) is 4.99 Å². The number of carbonyl (C=O) groups excluding carboxylic acids is 1. The van der Waals surface area contributed by atoms with Crippen LogP contribution in [0.15, 0.2) is 4.99 Å². The molecule has 0 rings (SSSR count). The lowest BCUT2D eigenvalue weighted by Crippen LogP contribution is -2.13. The first-order valence-electron chi connectivity index (χ1n) is 1.96. The van der Waals surface area contributed by atoms with Crippen LogP contribution in [0.3, 0.4) is 0 Å². The van der Waals surface area contributed by atoms with Gasteiger partial charge in [-0.05, 0) is 6.92 Å². The van der Waals surface area contributed by atoms with E-state index in [0.717, 1.165) is 0 Å². The Morgan fingerprint density at radius 1 is 1.88 bits per heavy atom. The lowest BCUT2D eigenvalue weighted by Gasteiger charge is -2.07. The highest BCUT2D eigenvalue weighted by Crippen LogP contribution is 2.15. The molecule has 2 nitrogen and oxygen atoms in total. The van der Waals surface area contributed by atoms with Crippen LogP contribution in [0.1, 0.15) is 6.92 Å². The Morgan fingerprint density at radius 2 is 2.38 bits per heavy atom. The monoisotopic (exact) mass is 153 g/mol. The number of hydrogen-bond donors (Lipinski definition) is 0. The second-order valence-electron chi connectivity index (χ2n) is 1.48. The molecular formula is C4H5Cl2NO. The van der Waals surface area contributed by atoms with Gasteiger partial charge in [0.2, 0.25) is 6.08 Å². The first-order valence-corrected chi connectivity index (χ1v) is 2.87. The zero-order chi connectivity index (χ0) is 6.62. The zero-order valence-corrected chi connectivity index (χ0v) is 5.83. The van der Waals surface area contributed by atoms with Crippen LogP contribution in [0, 0.1) is 0 Å². The van der Waals surface area contributed by atoms with E-state index in [1.54, 1.807) is 0 Å². The second kappa shape index (κ2) is 3.08. The molecule has 0 saturated carbocycles. The van der Waals surface area contributed by atoms with Crippen LogP contribution in [-0.4, -0.2) is 17.0 Å². The summed E-state index contributed by atoms with van der Waals surface area (Å²) in [5, 5.41) is 0. The van der Waals surface area contributed by atoms with E-state index in [1.807, 2.05) is 0 Å². The van der Waals surface area contributed by atoms with Gasteiger partial charge in [0.15, 0.2) is 5.00 Å². The summed E-state index contributed by atoms with van der Waals surface area (Å²) < 4.78 is 0. The molecule has 1 unspecified atom stereocenters. The molecular weight excluding hydrogens is 149 g/mol. The van der Waals surface area contributed by atoms with Gasteiger partial charge in [0, 0.05) is 0 Å². The van der Waals surface area contributed by atoms with E-state index >= 15 is 0 Å². The minimum absolute atomic E-state index is 0.115. The third-order valence-corrected chi connectivity index (χ3v) is 1.40. The maximum Gasteiger partial charge on any atom is 0.236 e. The summed E-state index contributed by atoms with van der Waals surface area (Å²) >= 11 is 10.7. The van der Waals surface area contributed by atoms with E-state index in [4.69, 9.17) is 23.2 Å². The Morgan fingerprint density at radius 3 is 2.50 bits per heavy atom. The molecule has 8 heavy (non-hydrogen) atoms. The van der Waals surface area contributed by atoms with E-state index in [0.29, 0.717) is 0 Å². The highest BCUT2D eigenvalue weighted by Gasteiger charge is 2.16. The van der Waals surface area contributed by atoms with Gasteiger partial charge >= 0.3 is 0 Å². The van der Waals surface area contributed by atoms with Crippen molar-refractivity contribution in [1.82, 2.24) is 0 Å². The van der Waals surface area contributed by atoms with Crippen LogP contribution in [0.4, 0.5) is 0 Å². The molecule has 0 aromatic rings.